The minimum absolute atomic E-state index is 0.585. The first kappa shape index (κ1) is 13.0. The second kappa shape index (κ2) is 5.57. The molecule has 20 heavy (non-hydrogen) atoms. The van der Waals surface area contributed by atoms with E-state index in [0.717, 1.165) is 28.6 Å². The number of pyridine rings is 1. The Kier molecular flexibility index (Phi) is 3.63. The van der Waals surface area contributed by atoms with Gasteiger partial charge in [-0.05, 0) is 31.9 Å². The Hall–Kier alpha value is -1.97. The highest BCUT2D eigenvalue weighted by molar-refractivity contribution is 5.56. The Bertz CT molecular complexity index is 586. The van der Waals surface area contributed by atoms with E-state index < -0.39 is 0 Å². The van der Waals surface area contributed by atoms with Gasteiger partial charge in [0, 0.05) is 42.2 Å². The van der Waals surface area contributed by atoms with Crippen molar-refractivity contribution in [3.8, 4) is 11.4 Å². The lowest BCUT2D eigenvalue weighted by Crippen LogP contribution is -2.04. The molecule has 1 aliphatic rings. The molecule has 0 saturated heterocycles. The van der Waals surface area contributed by atoms with E-state index in [1.807, 2.05) is 32.3 Å². The molecule has 1 N–H and O–H groups in total. The van der Waals surface area contributed by atoms with Crippen molar-refractivity contribution in [1.29, 1.82) is 0 Å². The lowest BCUT2D eigenvalue weighted by Gasteiger charge is -2.12. The number of anilines is 1. The predicted molar refractivity (Wildman–Crippen MR) is 80.8 cm³/mol. The van der Waals surface area contributed by atoms with Gasteiger partial charge in [-0.3, -0.25) is 4.98 Å². The molecule has 2 aromatic rings. The van der Waals surface area contributed by atoms with Crippen LogP contribution >= 0.6 is 0 Å². The molecule has 0 bridgehead atoms. The van der Waals surface area contributed by atoms with Crippen LogP contribution in [0.3, 0.4) is 0 Å². The lowest BCUT2D eigenvalue weighted by molar-refractivity contribution is 0.696. The molecule has 1 saturated carbocycles. The van der Waals surface area contributed by atoms with Gasteiger partial charge in [0.1, 0.15) is 5.82 Å². The molecule has 0 amide bonds. The summed E-state index contributed by atoms with van der Waals surface area (Å²) in [6.07, 6.45) is 6.95. The summed E-state index contributed by atoms with van der Waals surface area (Å²) >= 11 is 0. The number of nitrogens with one attached hydrogen (secondary N) is 1. The Morgan fingerprint density at radius 1 is 1.15 bits per heavy atom. The first-order chi connectivity index (χ1) is 9.76. The monoisotopic (exact) mass is 268 g/mol. The first-order valence-electron chi connectivity index (χ1n) is 7.26. The van der Waals surface area contributed by atoms with Gasteiger partial charge in [-0.25, -0.2) is 9.97 Å². The molecule has 4 heteroatoms. The fourth-order valence-corrected chi connectivity index (χ4v) is 2.75. The van der Waals surface area contributed by atoms with Crippen LogP contribution in [0.15, 0.2) is 24.4 Å². The van der Waals surface area contributed by atoms with Gasteiger partial charge in [-0.15, -0.1) is 0 Å². The molecule has 2 heterocycles. The van der Waals surface area contributed by atoms with Crippen molar-refractivity contribution in [2.75, 3.05) is 12.4 Å². The maximum Gasteiger partial charge on any atom is 0.163 e. The summed E-state index contributed by atoms with van der Waals surface area (Å²) in [5, 5.41) is 3.14. The highest BCUT2D eigenvalue weighted by Gasteiger charge is 2.20. The van der Waals surface area contributed by atoms with Gasteiger partial charge in [0.2, 0.25) is 0 Å². The van der Waals surface area contributed by atoms with Crippen LogP contribution in [0, 0.1) is 6.92 Å². The summed E-state index contributed by atoms with van der Waals surface area (Å²) in [6.45, 7) is 1.98. The SMILES string of the molecule is CNc1cc(C2CCCC2)nc(-c2ccc(C)nc2)n1. The second-order valence-electron chi connectivity index (χ2n) is 5.42. The van der Waals surface area contributed by atoms with Gasteiger partial charge in [-0.2, -0.15) is 0 Å². The number of nitrogens with zero attached hydrogens (tertiary/aromatic N) is 3. The molecule has 0 aliphatic heterocycles. The van der Waals surface area contributed by atoms with E-state index in [1.54, 1.807) is 0 Å². The molecule has 3 rings (SSSR count). The minimum Gasteiger partial charge on any atom is -0.373 e. The topological polar surface area (TPSA) is 50.7 Å². The highest BCUT2D eigenvalue weighted by Crippen LogP contribution is 2.34. The maximum atomic E-state index is 4.77. The lowest BCUT2D eigenvalue weighted by atomic mass is 10.0. The number of aromatic nitrogens is 3. The average Bonchev–Trinajstić information content (AvgIpc) is 3.02. The van der Waals surface area contributed by atoms with Crippen LogP contribution in [0.1, 0.15) is 43.0 Å². The van der Waals surface area contributed by atoms with E-state index in [9.17, 15) is 0 Å². The van der Waals surface area contributed by atoms with E-state index in [-0.39, 0.29) is 0 Å². The summed E-state index contributed by atoms with van der Waals surface area (Å²) < 4.78 is 0. The molecule has 104 valence electrons. The molecule has 0 unspecified atom stereocenters. The van der Waals surface area contributed by atoms with Crippen LogP contribution in [0.25, 0.3) is 11.4 Å². The highest BCUT2D eigenvalue weighted by atomic mass is 15.0. The molecule has 1 aliphatic carbocycles. The van der Waals surface area contributed by atoms with Crippen LogP contribution in [0.2, 0.25) is 0 Å². The van der Waals surface area contributed by atoms with Gasteiger partial charge in [0.15, 0.2) is 5.82 Å². The average molecular weight is 268 g/mol. The standard InChI is InChI=1S/C16H20N4/c1-11-7-8-13(10-18-11)16-19-14(9-15(17-2)20-16)12-5-3-4-6-12/h7-10,12H,3-6H2,1-2H3,(H,17,19,20). The van der Waals surface area contributed by atoms with Crippen LogP contribution < -0.4 is 5.32 Å². The molecule has 1 fully saturated rings. The maximum absolute atomic E-state index is 4.77. The van der Waals surface area contributed by atoms with Crippen molar-refractivity contribution in [3.05, 3.63) is 35.8 Å². The van der Waals surface area contributed by atoms with Gasteiger partial charge in [0.25, 0.3) is 0 Å². The van der Waals surface area contributed by atoms with Crippen LogP contribution in [-0.4, -0.2) is 22.0 Å². The van der Waals surface area contributed by atoms with E-state index in [4.69, 9.17) is 4.98 Å². The fourth-order valence-electron chi connectivity index (χ4n) is 2.75. The van der Waals surface area contributed by atoms with Gasteiger partial charge >= 0.3 is 0 Å². The van der Waals surface area contributed by atoms with Crippen LogP contribution in [0.5, 0.6) is 0 Å². The Labute approximate surface area is 119 Å². The molecule has 0 aromatic carbocycles. The molecular formula is C16H20N4. The number of rotatable bonds is 3. The second-order valence-corrected chi connectivity index (χ2v) is 5.42. The van der Waals surface area contributed by atoms with Gasteiger partial charge in [-0.1, -0.05) is 12.8 Å². The van der Waals surface area contributed by atoms with Crippen LogP contribution in [0.4, 0.5) is 5.82 Å². The van der Waals surface area contributed by atoms with Crippen molar-refractivity contribution in [2.24, 2.45) is 0 Å². The normalized spacial score (nSPS) is 15.5. The van der Waals surface area contributed by atoms with E-state index >= 15 is 0 Å². The largest absolute Gasteiger partial charge is 0.373 e. The summed E-state index contributed by atoms with van der Waals surface area (Å²) in [6, 6.07) is 6.12. The van der Waals surface area contributed by atoms with Crippen molar-refractivity contribution in [2.45, 2.75) is 38.5 Å². The quantitative estimate of drug-likeness (QED) is 0.925. The van der Waals surface area contributed by atoms with Crippen molar-refractivity contribution in [3.63, 3.8) is 0 Å². The molecule has 0 spiro atoms. The van der Waals surface area contributed by atoms with E-state index in [1.165, 1.54) is 25.7 Å². The molecule has 2 aromatic heterocycles. The molecule has 0 radical (unpaired) electrons. The summed E-state index contributed by atoms with van der Waals surface area (Å²) in [5.41, 5.74) is 3.15. The van der Waals surface area contributed by atoms with Gasteiger partial charge in [0.05, 0.1) is 0 Å². The van der Waals surface area contributed by atoms with E-state index in [0.29, 0.717) is 5.92 Å². The third-order valence-electron chi connectivity index (χ3n) is 3.95. The van der Waals surface area contributed by atoms with Crippen molar-refractivity contribution < 1.29 is 0 Å². The Morgan fingerprint density at radius 3 is 2.60 bits per heavy atom. The Balaban J connectivity index is 2.01. The fraction of sp³-hybridized carbons (Fsp3) is 0.438. The van der Waals surface area contributed by atoms with Crippen molar-refractivity contribution >= 4 is 5.82 Å². The number of aryl methyl sites for hydroxylation is 1. The van der Waals surface area contributed by atoms with Crippen LogP contribution in [-0.2, 0) is 0 Å². The third kappa shape index (κ3) is 2.64. The Morgan fingerprint density at radius 2 is 1.95 bits per heavy atom. The molecule has 4 nitrogen and oxygen atoms in total. The summed E-state index contributed by atoms with van der Waals surface area (Å²) in [7, 11) is 1.90. The van der Waals surface area contributed by atoms with Gasteiger partial charge < -0.3 is 5.32 Å². The number of hydrogen-bond donors (Lipinski definition) is 1. The summed E-state index contributed by atoms with van der Waals surface area (Å²) in [4.78, 5) is 13.7. The summed E-state index contributed by atoms with van der Waals surface area (Å²) in [5.74, 6) is 2.24. The third-order valence-corrected chi connectivity index (χ3v) is 3.95. The minimum atomic E-state index is 0.585. The zero-order valence-electron chi connectivity index (χ0n) is 12.1. The first-order valence-corrected chi connectivity index (χ1v) is 7.26. The smallest absolute Gasteiger partial charge is 0.163 e. The number of hydrogen-bond acceptors (Lipinski definition) is 4. The molecular weight excluding hydrogens is 248 g/mol. The zero-order chi connectivity index (χ0) is 13.9. The van der Waals surface area contributed by atoms with E-state index in [2.05, 4.69) is 21.4 Å². The zero-order valence-corrected chi connectivity index (χ0v) is 12.1. The van der Waals surface area contributed by atoms with Crippen molar-refractivity contribution in [1.82, 2.24) is 15.0 Å². The predicted octanol–water partition coefficient (Wildman–Crippen LogP) is 3.55. The molecule has 0 atom stereocenters.